The second-order valence-corrected chi connectivity index (χ2v) is 12.6. The number of hydrogen-bond donors (Lipinski definition) is 1. The van der Waals surface area contributed by atoms with Crippen LogP contribution in [0.15, 0.2) is 96.3 Å². The van der Waals surface area contributed by atoms with Gasteiger partial charge in [0.05, 0.1) is 50.1 Å². The number of halogens is 12. The van der Waals surface area contributed by atoms with E-state index >= 15 is 0 Å². The Morgan fingerprint density at radius 2 is 1.07 bits per heavy atom. The van der Waals surface area contributed by atoms with E-state index in [9.17, 15) is 62.6 Å². The molecule has 0 spiro atoms. The summed E-state index contributed by atoms with van der Waals surface area (Å²) in [5.41, 5.74) is -7.81. The summed E-state index contributed by atoms with van der Waals surface area (Å²) in [6.45, 7) is 2.66. The minimum absolute atomic E-state index is 0.0135. The number of Topliss-reactive ketones (excluding diaryl/α,β-unsaturated/α-hetero) is 1. The topological polar surface area (TPSA) is 45.2 Å². The molecule has 0 unspecified atom stereocenters. The number of benzene rings is 4. The van der Waals surface area contributed by atoms with Gasteiger partial charge in [-0.15, -0.1) is 0 Å². The van der Waals surface area contributed by atoms with Gasteiger partial charge in [0, 0.05) is 47.5 Å². The van der Waals surface area contributed by atoms with Crippen LogP contribution in [0.1, 0.15) is 46.0 Å². The van der Waals surface area contributed by atoms with Gasteiger partial charge in [0.1, 0.15) is 5.76 Å². The second kappa shape index (κ2) is 11.9. The molecule has 4 nitrogen and oxygen atoms in total. The molecule has 5 aromatic rings. The number of aromatic nitrogens is 1. The number of allylic oxidation sites excluding steroid dienone is 3. The largest absolute Gasteiger partial charge is 0.506 e. The number of para-hydroxylation sites is 2. The normalized spacial score (nSPS) is 16.8. The number of fused-ring (bicyclic) bond motifs is 2. The first-order valence-corrected chi connectivity index (χ1v) is 15.7. The fraction of sp³-hybridized carbons (Fsp3) is 0.158. The van der Waals surface area contributed by atoms with Gasteiger partial charge in [0.25, 0.3) is 0 Å². The van der Waals surface area contributed by atoms with Crippen LogP contribution in [0, 0.1) is 6.92 Å². The Balaban J connectivity index is 1.46. The second-order valence-electron chi connectivity index (χ2n) is 12.6. The van der Waals surface area contributed by atoms with E-state index in [1.54, 1.807) is 0 Å². The molecular weight excluding hydrogens is 744 g/mol. The van der Waals surface area contributed by atoms with Crippen LogP contribution in [-0.4, -0.2) is 21.2 Å². The smallest absolute Gasteiger partial charge is 0.416 e. The van der Waals surface area contributed by atoms with Gasteiger partial charge in [-0.3, -0.25) is 4.79 Å². The summed E-state index contributed by atoms with van der Waals surface area (Å²) in [6.07, 6.45) is -20.7. The molecule has 1 N–H and O–H groups in total. The Morgan fingerprint density at radius 3 is 1.59 bits per heavy atom. The molecule has 0 atom stereocenters. The van der Waals surface area contributed by atoms with Gasteiger partial charge < -0.3 is 9.67 Å². The fourth-order valence-electron chi connectivity index (χ4n) is 7.03. The van der Waals surface area contributed by atoms with E-state index in [4.69, 9.17) is 0 Å². The van der Waals surface area contributed by atoms with Gasteiger partial charge in [-0.25, -0.2) is 0 Å². The minimum Gasteiger partial charge on any atom is -0.506 e. The lowest BCUT2D eigenvalue weighted by Gasteiger charge is -2.23. The number of carbonyl (C=O) groups excluding carboxylic acids is 1. The summed E-state index contributed by atoms with van der Waals surface area (Å²) in [4.78, 5) is 14.1. The Kier molecular flexibility index (Phi) is 8.02. The summed E-state index contributed by atoms with van der Waals surface area (Å²) >= 11 is 0. The number of alkyl halides is 12. The van der Waals surface area contributed by atoms with E-state index in [1.807, 2.05) is 0 Å². The van der Waals surface area contributed by atoms with Crippen molar-refractivity contribution in [3.8, 4) is 5.69 Å². The quantitative estimate of drug-likeness (QED) is 0.113. The van der Waals surface area contributed by atoms with Gasteiger partial charge in [-0.1, -0.05) is 30.3 Å². The first-order valence-electron chi connectivity index (χ1n) is 15.7. The fourth-order valence-corrected chi connectivity index (χ4v) is 7.03. The number of rotatable bonds is 3. The third-order valence-corrected chi connectivity index (χ3v) is 9.31. The van der Waals surface area contributed by atoms with E-state index in [-0.39, 0.29) is 68.0 Å². The summed E-state index contributed by atoms with van der Waals surface area (Å²) in [5, 5.41) is 11.8. The number of ketones is 1. The predicted molar refractivity (Wildman–Crippen MR) is 175 cm³/mol. The molecule has 4 aromatic carbocycles. The molecule has 1 aliphatic carbocycles. The number of carbonyl (C=O) groups is 1. The molecule has 1 aliphatic heterocycles. The summed E-state index contributed by atoms with van der Waals surface area (Å²) in [6, 6.07) is 13.6. The van der Waals surface area contributed by atoms with Crippen molar-refractivity contribution in [2.24, 2.45) is 0 Å². The maximum absolute atomic E-state index is 14.1. The van der Waals surface area contributed by atoms with Crippen molar-refractivity contribution in [2.75, 3.05) is 0 Å². The first kappa shape index (κ1) is 36.6. The Labute approximate surface area is 296 Å². The van der Waals surface area contributed by atoms with Crippen molar-refractivity contribution in [3.63, 3.8) is 0 Å². The Hall–Kier alpha value is -5.80. The van der Waals surface area contributed by atoms with Gasteiger partial charge in [-0.2, -0.15) is 57.3 Å². The molecule has 0 saturated heterocycles. The number of nitrogens with zero attached hydrogens (tertiary/aromatic N) is 2. The summed E-state index contributed by atoms with van der Waals surface area (Å²) in [5.74, 6) is -1.50. The molecule has 0 radical (unpaired) electrons. The molecule has 0 amide bonds. The number of aliphatic hydroxyl groups excluding tert-OH is 1. The van der Waals surface area contributed by atoms with Crippen LogP contribution in [0.2, 0.25) is 0 Å². The van der Waals surface area contributed by atoms with Crippen molar-refractivity contribution in [3.05, 3.63) is 135 Å². The molecule has 0 bridgehead atoms. The Bertz CT molecular complexity index is 2480. The predicted octanol–water partition coefficient (Wildman–Crippen LogP) is 11.6. The zero-order chi connectivity index (χ0) is 39.4. The maximum atomic E-state index is 14.1. The molecule has 7 rings (SSSR count). The molecule has 16 heteroatoms. The minimum atomic E-state index is -5.16. The van der Waals surface area contributed by atoms with E-state index < -0.39 is 69.9 Å². The molecule has 54 heavy (non-hydrogen) atoms. The molecule has 1 aromatic heterocycles. The van der Waals surface area contributed by atoms with Crippen molar-refractivity contribution in [1.82, 2.24) is 9.14 Å². The van der Waals surface area contributed by atoms with Crippen molar-refractivity contribution in [2.45, 2.75) is 38.6 Å². The number of hydrogen-bond acceptors (Lipinski definition) is 2. The van der Waals surface area contributed by atoms with Gasteiger partial charge >= 0.3 is 24.7 Å². The Morgan fingerprint density at radius 1 is 0.593 bits per heavy atom. The molecular formula is C38H21F12N2O2+. The highest BCUT2D eigenvalue weighted by Crippen LogP contribution is 2.50. The molecule has 0 saturated carbocycles. The third kappa shape index (κ3) is 5.74. The molecule has 0 fully saturated rings. The van der Waals surface area contributed by atoms with Crippen LogP contribution in [0.5, 0.6) is 0 Å². The van der Waals surface area contributed by atoms with Gasteiger partial charge in [0.15, 0.2) is 5.71 Å². The van der Waals surface area contributed by atoms with Crippen molar-refractivity contribution >= 4 is 44.9 Å². The highest BCUT2D eigenvalue weighted by molar-refractivity contribution is 6.48. The van der Waals surface area contributed by atoms with Gasteiger partial charge in [-0.05, 0) is 43.3 Å². The maximum Gasteiger partial charge on any atom is 0.416 e. The standard InChI is InChI=1S/C38H20F12N2O2/c1-17-29(25-7-3-5-9-27(25)51(17)23-13-19(35(39,40)41)11-20(14-23)36(42,43)44)31-33(53)32(34(31)54)30-18(2)52(28-10-6-4-8-26(28)30)24-15-21(37(45,46)47)12-22(16-24)38(48,49)50/h3-16H,1-2H3/p+1. The lowest BCUT2D eigenvalue weighted by molar-refractivity contribution is -0.144. The van der Waals surface area contributed by atoms with Crippen molar-refractivity contribution < 1.29 is 62.6 Å². The molecule has 2 heterocycles. The zero-order valence-corrected chi connectivity index (χ0v) is 27.4. The van der Waals surface area contributed by atoms with Crippen LogP contribution in [0.25, 0.3) is 27.7 Å². The monoisotopic (exact) mass is 765 g/mol. The molecule has 278 valence electrons. The van der Waals surface area contributed by atoms with Crippen LogP contribution in [0.4, 0.5) is 64.1 Å². The first-order chi connectivity index (χ1) is 25.0. The summed E-state index contributed by atoms with van der Waals surface area (Å²) < 4.78 is 168. The van der Waals surface area contributed by atoms with E-state index in [0.717, 1.165) is 9.14 Å². The average Bonchev–Trinajstić information content (AvgIpc) is 3.52. The highest BCUT2D eigenvalue weighted by Gasteiger charge is 2.47. The summed E-state index contributed by atoms with van der Waals surface area (Å²) in [7, 11) is 0. The molecule has 2 aliphatic rings. The van der Waals surface area contributed by atoms with E-state index in [0.29, 0.717) is 24.3 Å². The van der Waals surface area contributed by atoms with Gasteiger partial charge in [0.2, 0.25) is 17.2 Å². The third-order valence-electron chi connectivity index (χ3n) is 9.31. The van der Waals surface area contributed by atoms with Crippen LogP contribution in [0.3, 0.4) is 0 Å². The lowest BCUT2D eigenvalue weighted by Crippen LogP contribution is -2.25. The van der Waals surface area contributed by atoms with Crippen LogP contribution in [-0.2, 0) is 29.5 Å². The van der Waals surface area contributed by atoms with Crippen LogP contribution < -0.4 is 4.58 Å². The lowest BCUT2D eigenvalue weighted by atomic mass is 9.78. The van der Waals surface area contributed by atoms with E-state index in [2.05, 4.69) is 0 Å². The van der Waals surface area contributed by atoms with Crippen molar-refractivity contribution in [1.29, 1.82) is 0 Å². The average molecular weight is 766 g/mol. The number of aliphatic hydroxyl groups is 1. The van der Waals surface area contributed by atoms with E-state index in [1.165, 1.54) is 62.4 Å². The zero-order valence-electron chi connectivity index (χ0n) is 27.4. The van der Waals surface area contributed by atoms with Crippen LogP contribution >= 0.6 is 0 Å². The SMILES string of the molecule is CC1=[N+](c2cc(C(F)(F)F)cc(C(F)(F)F)c2)c2ccccc2/C1=C1/C(=O)C(c2c(C)n(-c3cc(C(F)(F)F)cc(C(F)(F)F)c3)c3ccccc23)=C1O. The highest BCUT2D eigenvalue weighted by atomic mass is 19.4.